The maximum absolute atomic E-state index is 13.2. The van der Waals surface area contributed by atoms with Crippen LogP contribution in [0.5, 0.6) is 0 Å². The Morgan fingerprint density at radius 2 is 2.05 bits per heavy atom. The van der Waals surface area contributed by atoms with Crippen molar-refractivity contribution in [1.82, 2.24) is 0 Å². The molecule has 1 aromatic carbocycles. The maximum atomic E-state index is 13.2. The van der Waals surface area contributed by atoms with Gasteiger partial charge in [-0.15, -0.1) is 0 Å². The van der Waals surface area contributed by atoms with Crippen molar-refractivity contribution in [3.05, 3.63) is 35.6 Å². The van der Waals surface area contributed by atoms with E-state index in [0.29, 0.717) is 24.9 Å². The van der Waals surface area contributed by atoms with Crippen LogP contribution >= 0.6 is 0 Å². The molecule has 2 rings (SSSR count). The highest BCUT2D eigenvalue weighted by atomic mass is 19.1. The molecule has 0 aliphatic heterocycles. The van der Waals surface area contributed by atoms with Crippen LogP contribution in [0.4, 0.5) is 4.39 Å². The zero-order chi connectivity index (χ0) is 13.7. The summed E-state index contributed by atoms with van der Waals surface area (Å²) in [7, 11) is 0. The number of halogens is 1. The van der Waals surface area contributed by atoms with Crippen molar-refractivity contribution < 1.29 is 13.9 Å². The molecular formula is C16H21FO2. The smallest absolute Gasteiger partial charge is 0.306 e. The van der Waals surface area contributed by atoms with Gasteiger partial charge in [0.05, 0.1) is 6.61 Å². The van der Waals surface area contributed by atoms with Gasteiger partial charge in [0.15, 0.2) is 0 Å². The maximum Gasteiger partial charge on any atom is 0.306 e. The summed E-state index contributed by atoms with van der Waals surface area (Å²) in [6, 6.07) is 6.89. The highest BCUT2D eigenvalue weighted by molar-refractivity contribution is 5.69. The summed E-state index contributed by atoms with van der Waals surface area (Å²) < 4.78 is 18.2. The molecule has 1 fully saturated rings. The molecule has 104 valence electrons. The second kappa shape index (κ2) is 6.69. The van der Waals surface area contributed by atoms with Crippen LogP contribution < -0.4 is 0 Å². The van der Waals surface area contributed by atoms with Gasteiger partial charge in [0.2, 0.25) is 0 Å². The lowest BCUT2D eigenvalue weighted by molar-refractivity contribution is -0.144. The van der Waals surface area contributed by atoms with Crippen LogP contribution in [0.25, 0.3) is 0 Å². The molecular weight excluding hydrogens is 243 g/mol. The second-order valence-corrected chi connectivity index (χ2v) is 5.28. The van der Waals surface area contributed by atoms with E-state index in [9.17, 15) is 9.18 Å². The van der Waals surface area contributed by atoms with Gasteiger partial charge in [-0.3, -0.25) is 4.79 Å². The normalized spacial score (nSPS) is 23.1. The monoisotopic (exact) mass is 264 g/mol. The molecule has 1 aliphatic rings. The van der Waals surface area contributed by atoms with Gasteiger partial charge in [0.25, 0.3) is 0 Å². The van der Waals surface area contributed by atoms with Gasteiger partial charge in [-0.05, 0) is 62.1 Å². The molecule has 0 saturated heterocycles. The topological polar surface area (TPSA) is 26.3 Å². The zero-order valence-corrected chi connectivity index (χ0v) is 11.4. The fourth-order valence-corrected chi connectivity index (χ4v) is 2.92. The summed E-state index contributed by atoms with van der Waals surface area (Å²) >= 11 is 0. The molecule has 0 aromatic heterocycles. The number of rotatable bonds is 4. The molecule has 19 heavy (non-hydrogen) atoms. The van der Waals surface area contributed by atoms with E-state index < -0.39 is 0 Å². The predicted octanol–water partition coefficient (Wildman–Crippen LogP) is 4.05. The van der Waals surface area contributed by atoms with Crippen LogP contribution in [-0.4, -0.2) is 12.6 Å². The lowest BCUT2D eigenvalue weighted by Crippen LogP contribution is -2.18. The molecule has 2 nitrogen and oxygen atoms in total. The van der Waals surface area contributed by atoms with E-state index in [0.717, 1.165) is 31.2 Å². The van der Waals surface area contributed by atoms with Gasteiger partial charge in [0.1, 0.15) is 5.82 Å². The lowest BCUT2D eigenvalue weighted by Gasteiger charge is -2.28. The third-order valence-electron chi connectivity index (χ3n) is 3.93. The van der Waals surface area contributed by atoms with Gasteiger partial charge in [-0.25, -0.2) is 4.39 Å². The van der Waals surface area contributed by atoms with Gasteiger partial charge in [-0.1, -0.05) is 12.1 Å². The van der Waals surface area contributed by atoms with E-state index >= 15 is 0 Å². The molecule has 0 N–H and O–H groups in total. The summed E-state index contributed by atoms with van der Waals surface area (Å²) in [5.41, 5.74) is 1.09. The summed E-state index contributed by atoms with van der Waals surface area (Å²) in [6.45, 7) is 2.29. The SMILES string of the molecule is CCOC(=O)CC1CCC(c2cccc(F)c2)CC1. The van der Waals surface area contributed by atoms with E-state index in [1.54, 1.807) is 12.1 Å². The van der Waals surface area contributed by atoms with Crippen LogP contribution in [0.2, 0.25) is 0 Å². The van der Waals surface area contributed by atoms with Crippen molar-refractivity contribution in [1.29, 1.82) is 0 Å². The standard InChI is InChI=1S/C16H21FO2/c1-2-19-16(18)10-12-6-8-13(9-7-12)14-4-3-5-15(17)11-14/h3-5,11-13H,2,6-10H2,1H3. The highest BCUT2D eigenvalue weighted by Gasteiger charge is 2.24. The quantitative estimate of drug-likeness (QED) is 0.767. The Labute approximate surface area is 114 Å². The first-order valence-electron chi connectivity index (χ1n) is 7.10. The Hall–Kier alpha value is -1.38. The number of esters is 1. The Balaban J connectivity index is 1.84. The Morgan fingerprint density at radius 1 is 1.32 bits per heavy atom. The molecule has 0 atom stereocenters. The Kier molecular flexibility index (Phi) is 4.94. The molecule has 1 aromatic rings. The van der Waals surface area contributed by atoms with Crippen LogP contribution in [0.1, 0.15) is 50.5 Å². The average Bonchev–Trinajstić information content (AvgIpc) is 2.40. The molecule has 0 radical (unpaired) electrons. The summed E-state index contributed by atoms with van der Waals surface area (Å²) in [4.78, 5) is 11.4. The number of hydrogen-bond acceptors (Lipinski definition) is 2. The van der Waals surface area contributed by atoms with Crippen LogP contribution in [-0.2, 0) is 9.53 Å². The largest absolute Gasteiger partial charge is 0.466 e. The van der Waals surface area contributed by atoms with Crippen molar-refractivity contribution >= 4 is 5.97 Å². The fourth-order valence-electron chi connectivity index (χ4n) is 2.92. The van der Waals surface area contributed by atoms with Crippen molar-refractivity contribution in [3.63, 3.8) is 0 Å². The lowest BCUT2D eigenvalue weighted by atomic mass is 9.77. The van der Waals surface area contributed by atoms with Gasteiger partial charge in [-0.2, -0.15) is 0 Å². The first kappa shape index (κ1) is 14.0. The molecule has 0 unspecified atom stereocenters. The highest BCUT2D eigenvalue weighted by Crippen LogP contribution is 2.37. The predicted molar refractivity (Wildman–Crippen MR) is 72.3 cm³/mol. The van der Waals surface area contributed by atoms with Crippen LogP contribution in [0.3, 0.4) is 0 Å². The van der Waals surface area contributed by atoms with E-state index in [1.165, 1.54) is 6.07 Å². The van der Waals surface area contributed by atoms with E-state index in [4.69, 9.17) is 4.74 Å². The molecule has 0 spiro atoms. The number of hydrogen-bond donors (Lipinski definition) is 0. The number of ether oxygens (including phenoxy) is 1. The molecule has 1 aliphatic carbocycles. The minimum atomic E-state index is -0.161. The van der Waals surface area contributed by atoms with Gasteiger partial charge in [0, 0.05) is 6.42 Å². The van der Waals surface area contributed by atoms with Crippen molar-refractivity contribution in [2.24, 2.45) is 5.92 Å². The molecule has 1 saturated carbocycles. The van der Waals surface area contributed by atoms with E-state index in [1.807, 2.05) is 13.0 Å². The molecule has 3 heteroatoms. The number of carbonyl (C=O) groups is 1. The Morgan fingerprint density at radius 3 is 2.68 bits per heavy atom. The van der Waals surface area contributed by atoms with Gasteiger partial charge >= 0.3 is 5.97 Å². The minimum Gasteiger partial charge on any atom is -0.466 e. The average molecular weight is 264 g/mol. The summed E-state index contributed by atoms with van der Waals surface area (Å²) in [6.07, 6.45) is 4.66. The summed E-state index contributed by atoms with van der Waals surface area (Å²) in [5, 5.41) is 0. The van der Waals surface area contributed by atoms with Crippen molar-refractivity contribution in [2.45, 2.75) is 44.9 Å². The third kappa shape index (κ3) is 4.05. The van der Waals surface area contributed by atoms with Crippen molar-refractivity contribution in [3.8, 4) is 0 Å². The van der Waals surface area contributed by atoms with Gasteiger partial charge < -0.3 is 4.74 Å². The number of benzene rings is 1. The first-order valence-corrected chi connectivity index (χ1v) is 7.10. The fraction of sp³-hybridized carbons (Fsp3) is 0.562. The van der Waals surface area contributed by atoms with Crippen LogP contribution in [0.15, 0.2) is 24.3 Å². The molecule has 0 bridgehead atoms. The van der Waals surface area contributed by atoms with E-state index in [-0.39, 0.29) is 11.8 Å². The Bertz CT molecular complexity index is 423. The summed E-state index contributed by atoms with van der Waals surface area (Å²) in [5.74, 6) is 0.626. The number of carbonyl (C=O) groups excluding carboxylic acids is 1. The zero-order valence-electron chi connectivity index (χ0n) is 11.4. The first-order chi connectivity index (χ1) is 9.19. The van der Waals surface area contributed by atoms with Crippen molar-refractivity contribution in [2.75, 3.05) is 6.61 Å². The molecule has 0 amide bonds. The third-order valence-corrected chi connectivity index (χ3v) is 3.93. The minimum absolute atomic E-state index is 0.0864. The second-order valence-electron chi connectivity index (χ2n) is 5.28. The van der Waals surface area contributed by atoms with E-state index in [2.05, 4.69) is 0 Å². The van der Waals surface area contributed by atoms with Crippen LogP contribution in [0, 0.1) is 11.7 Å². The molecule has 0 heterocycles.